The van der Waals surface area contributed by atoms with Crippen LogP contribution in [0.1, 0.15) is 17.0 Å². The molecule has 1 fully saturated rings. The molecule has 0 spiro atoms. The Morgan fingerprint density at radius 1 is 1.25 bits per heavy atom. The maximum absolute atomic E-state index is 12.4. The molecule has 1 aromatic heterocycles. The summed E-state index contributed by atoms with van der Waals surface area (Å²) in [7, 11) is -3.27. The number of hydrogen-bond acceptors (Lipinski definition) is 6. The fourth-order valence-corrected chi connectivity index (χ4v) is 5.44. The third kappa shape index (κ3) is 4.06. The Morgan fingerprint density at radius 3 is 2.79 bits per heavy atom. The number of benzene rings is 1. The molecule has 7 nitrogen and oxygen atoms in total. The molecule has 150 valence electrons. The summed E-state index contributed by atoms with van der Waals surface area (Å²) in [6, 6.07) is 5.79. The number of anilines is 1. The van der Waals surface area contributed by atoms with E-state index in [2.05, 4.69) is 4.98 Å². The van der Waals surface area contributed by atoms with E-state index in [-0.39, 0.29) is 5.91 Å². The van der Waals surface area contributed by atoms with Crippen LogP contribution in [0.5, 0.6) is 0 Å². The Morgan fingerprint density at radius 2 is 2.04 bits per heavy atom. The van der Waals surface area contributed by atoms with E-state index in [1.807, 2.05) is 28.5 Å². The first kappa shape index (κ1) is 19.4. The van der Waals surface area contributed by atoms with Gasteiger partial charge in [-0.3, -0.25) is 9.10 Å². The monoisotopic (exact) mass is 421 g/mol. The van der Waals surface area contributed by atoms with Crippen LogP contribution in [-0.4, -0.2) is 63.3 Å². The maximum atomic E-state index is 12.4. The maximum Gasteiger partial charge on any atom is 0.232 e. The smallest absolute Gasteiger partial charge is 0.232 e. The van der Waals surface area contributed by atoms with Gasteiger partial charge in [-0.2, -0.15) is 0 Å². The van der Waals surface area contributed by atoms with Crippen molar-refractivity contribution in [2.75, 3.05) is 43.4 Å². The highest BCUT2D eigenvalue weighted by Gasteiger charge is 2.24. The van der Waals surface area contributed by atoms with Crippen molar-refractivity contribution in [2.24, 2.45) is 0 Å². The fraction of sp³-hybridized carbons (Fsp3) is 0.474. The third-order valence-electron chi connectivity index (χ3n) is 5.07. The second-order valence-electron chi connectivity index (χ2n) is 7.08. The third-order valence-corrected chi connectivity index (χ3v) is 7.10. The Kier molecular flexibility index (Phi) is 5.39. The van der Waals surface area contributed by atoms with Crippen molar-refractivity contribution in [1.29, 1.82) is 0 Å². The van der Waals surface area contributed by atoms with Crippen molar-refractivity contribution in [2.45, 2.75) is 19.3 Å². The molecule has 0 N–H and O–H groups in total. The van der Waals surface area contributed by atoms with Crippen molar-refractivity contribution >= 4 is 33.0 Å². The van der Waals surface area contributed by atoms with Gasteiger partial charge in [-0.15, -0.1) is 11.3 Å². The topological polar surface area (TPSA) is 79.8 Å². The van der Waals surface area contributed by atoms with Gasteiger partial charge in [0.05, 0.1) is 37.3 Å². The number of carbonyl (C=O) groups excluding carboxylic acids is 1. The van der Waals surface area contributed by atoms with Crippen LogP contribution in [-0.2, 0) is 32.4 Å². The van der Waals surface area contributed by atoms with Crippen LogP contribution in [0.15, 0.2) is 23.6 Å². The zero-order valence-corrected chi connectivity index (χ0v) is 17.4. The van der Waals surface area contributed by atoms with Crippen molar-refractivity contribution in [3.05, 3.63) is 34.2 Å². The molecule has 2 aliphatic rings. The van der Waals surface area contributed by atoms with Crippen LogP contribution >= 0.6 is 11.3 Å². The van der Waals surface area contributed by atoms with Gasteiger partial charge in [0.2, 0.25) is 15.9 Å². The zero-order chi connectivity index (χ0) is 19.7. The standard InChI is InChI=1S/C19H23N3O4S2/c1-28(24,25)22-6-2-3-15-11-14(4-5-17(15)22)16-13-27-18(20-16)12-19(23)21-7-9-26-10-8-21/h4-5,11,13H,2-3,6-10,12H2,1H3. The van der Waals surface area contributed by atoms with Crippen molar-refractivity contribution in [1.82, 2.24) is 9.88 Å². The van der Waals surface area contributed by atoms with E-state index in [1.165, 1.54) is 21.9 Å². The van der Waals surface area contributed by atoms with E-state index in [1.54, 1.807) is 0 Å². The summed E-state index contributed by atoms with van der Waals surface area (Å²) in [5.41, 5.74) is 3.56. The molecular formula is C19H23N3O4S2. The Balaban J connectivity index is 1.52. The number of ether oxygens (including phenoxy) is 1. The molecule has 0 radical (unpaired) electrons. The minimum Gasteiger partial charge on any atom is -0.378 e. The van der Waals surface area contributed by atoms with Gasteiger partial charge >= 0.3 is 0 Å². The minimum atomic E-state index is -3.27. The molecule has 1 amide bonds. The lowest BCUT2D eigenvalue weighted by molar-refractivity contribution is -0.134. The summed E-state index contributed by atoms with van der Waals surface area (Å²) in [5.74, 6) is 0.0819. The van der Waals surface area contributed by atoms with Gasteiger partial charge in [-0.25, -0.2) is 13.4 Å². The number of nitrogens with zero attached hydrogens (tertiary/aromatic N) is 3. The number of amides is 1. The summed E-state index contributed by atoms with van der Waals surface area (Å²) in [6.07, 6.45) is 3.20. The van der Waals surface area contributed by atoms with Crippen LogP contribution in [0.3, 0.4) is 0 Å². The zero-order valence-electron chi connectivity index (χ0n) is 15.8. The van der Waals surface area contributed by atoms with Crippen molar-refractivity contribution in [3.8, 4) is 11.3 Å². The molecule has 0 atom stereocenters. The lowest BCUT2D eigenvalue weighted by Gasteiger charge is -2.29. The minimum absolute atomic E-state index is 0.0819. The van der Waals surface area contributed by atoms with Crippen LogP contribution in [0, 0.1) is 0 Å². The number of thiazole rings is 1. The summed E-state index contributed by atoms with van der Waals surface area (Å²) in [6.45, 7) is 2.98. The second kappa shape index (κ2) is 7.81. The van der Waals surface area contributed by atoms with Gasteiger partial charge in [0.25, 0.3) is 0 Å². The molecule has 1 aromatic carbocycles. The van der Waals surface area contributed by atoms with Gasteiger partial charge in [-0.1, -0.05) is 6.07 Å². The van der Waals surface area contributed by atoms with E-state index in [0.29, 0.717) is 39.3 Å². The van der Waals surface area contributed by atoms with Gasteiger partial charge in [0.15, 0.2) is 0 Å². The van der Waals surface area contributed by atoms with Crippen LogP contribution in [0.4, 0.5) is 5.69 Å². The predicted molar refractivity (Wildman–Crippen MR) is 109 cm³/mol. The first-order valence-corrected chi connectivity index (χ1v) is 12.1. The molecule has 2 aromatic rings. The first-order chi connectivity index (χ1) is 13.4. The van der Waals surface area contributed by atoms with Crippen LogP contribution in [0.2, 0.25) is 0 Å². The number of carbonyl (C=O) groups is 1. The number of rotatable bonds is 4. The molecule has 1 saturated heterocycles. The summed E-state index contributed by atoms with van der Waals surface area (Å²) in [5, 5.41) is 2.75. The molecule has 9 heteroatoms. The quantitative estimate of drug-likeness (QED) is 0.754. The molecule has 0 saturated carbocycles. The largest absolute Gasteiger partial charge is 0.378 e. The molecule has 2 aliphatic heterocycles. The summed E-state index contributed by atoms with van der Waals surface area (Å²) >= 11 is 1.48. The molecule has 4 rings (SSSR count). The number of hydrogen-bond donors (Lipinski definition) is 0. The number of sulfonamides is 1. The Labute approximate surface area is 169 Å². The van der Waals surface area contributed by atoms with Crippen molar-refractivity contribution < 1.29 is 17.9 Å². The fourth-order valence-electron chi connectivity index (χ4n) is 3.65. The Bertz CT molecular complexity index is 981. The van der Waals surface area contributed by atoms with Crippen LogP contribution < -0.4 is 4.31 Å². The molecule has 3 heterocycles. The highest BCUT2D eigenvalue weighted by Crippen LogP contribution is 2.33. The molecule has 0 bridgehead atoms. The molecule has 28 heavy (non-hydrogen) atoms. The van der Waals surface area contributed by atoms with Gasteiger partial charge in [0, 0.05) is 30.6 Å². The van der Waals surface area contributed by atoms with E-state index < -0.39 is 10.0 Å². The van der Waals surface area contributed by atoms with Crippen LogP contribution in [0.25, 0.3) is 11.3 Å². The second-order valence-corrected chi connectivity index (χ2v) is 9.93. The average Bonchev–Trinajstić information content (AvgIpc) is 3.15. The van der Waals surface area contributed by atoms with Gasteiger partial charge in [0.1, 0.15) is 5.01 Å². The van der Waals surface area contributed by atoms with Crippen molar-refractivity contribution in [3.63, 3.8) is 0 Å². The molecule has 0 aliphatic carbocycles. The number of aromatic nitrogens is 1. The lowest BCUT2D eigenvalue weighted by Crippen LogP contribution is -2.41. The average molecular weight is 422 g/mol. The van der Waals surface area contributed by atoms with E-state index >= 15 is 0 Å². The highest BCUT2D eigenvalue weighted by molar-refractivity contribution is 7.92. The lowest BCUT2D eigenvalue weighted by atomic mass is 10.00. The molecular weight excluding hydrogens is 398 g/mol. The SMILES string of the molecule is CS(=O)(=O)N1CCCc2cc(-c3csc(CC(=O)N4CCOCC4)n3)ccc21. The number of morpholine rings is 1. The van der Waals surface area contributed by atoms with E-state index in [4.69, 9.17) is 4.74 Å². The summed E-state index contributed by atoms with van der Waals surface area (Å²) in [4.78, 5) is 18.9. The summed E-state index contributed by atoms with van der Waals surface area (Å²) < 4.78 is 30.8. The Hall–Kier alpha value is -1.97. The van der Waals surface area contributed by atoms with Gasteiger partial charge in [-0.05, 0) is 30.5 Å². The first-order valence-electron chi connectivity index (χ1n) is 9.33. The van der Waals surface area contributed by atoms with E-state index in [0.717, 1.165) is 40.4 Å². The normalized spacial score (nSPS) is 17.5. The number of aryl methyl sites for hydroxylation is 1. The highest BCUT2D eigenvalue weighted by atomic mass is 32.2. The molecule has 0 unspecified atom stereocenters. The predicted octanol–water partition coefficient (Wildman–Crippen LogP) is 1.92. The van der Waals surface area contributed by atoms with E-state index in [9.17, 15) is 13.2 Å². The number of fused-ring (bicyclic) bond motifs is 1. The van der Waals surface area contributed by atoms with Gasteiger partial charge < -0.3 is 9.64 Å².